The molecular weight excluding hydrogens is 464 g/mol. The van der Waals surface area contributed by atoms with Gasteiger partial charge in [0.2, 0.25) is 15.9 Å². The second-order valence-corrected chi connectivity index (χ2v) is 10.9. The van der Waals surface area contributed by atoms with Gasteiger partial charge in [-0.3, -0.25) is 9.48 Å². The van der Waals surface area contributed by atoms with Crippen molar-refractivity contribution in [3.8, 4) is 0 Å². The van der Waals surface area contributed by atoms with Crippen LogP contribution in [-0.4, -0.2) is 87.7 Å². The molecule has 0 spiro atoms. The summed E-state index contributed by atoms with van der Waals surface area (Å²) in [7, 11) is -2.40. The van der Waals surface area contributed by atoms with E-state index >= 15 is 0 Å². The van der Waals surface area contributed by atoms with Gasteiger partial charge >= 0.3 is 0 Å². The Labute approximate surface area is 199 Å². The first kappa shape index (κ1) is 26.3. The van der Waals surface area contributed by atoms with Crippen molar-refractivity contribution in [2.75, 3.05) is 26.7 Å². The van der Waals surface area contributed by atoms with Gasteiger partial charge in [0.15, 0.2) is 5.76 Å². The van der Waals surface area contributed by atoms with Crippen LogP contribution in [0.25, 0.3) is 0 Å². The molecule has 1 amide bonds. The van der Waals surface area contributed by atoms with Gasteiger partial charge in [-0.05, 0) is 27.2 Å². The Morgan fingerprint density at radius 3 is 2.74 bits per heavy atom. The summed E-state index contributed by atoms with van der Waals surface area (Å²) in [5.41, 5.74) is 0.915. The summed E-state index contributed by atoms with van der Waals surface area (Å²) < 4.78 is 40.6. The summed E-state index contributed by atoms with van der Waals surface area (Å²) in [6.45, 7) is 7.70. The number of amides is 1. The molecule has 2 bridgehead atoms. The smallest absolute Gasteiger partial charge is 0.248 e. The van der Waals surface area contributed by atoms with Crippen LogP contribution in [0.15, 0.2) is 15.6 Å². The Morgan fingerprint density at radius 2 is 2.09 bits per heavy atom. The predicted octanol–water partition coefficient (Wildman–Crippen LogP) is 0.728. The summed E-state index contributed by atoms with van der Waals surface area (Å²) in [5.74, 6) is -0.0992. The molecule has 0 aliphatic carbocycles. The maximum Gasteiger partial charge on any atom is 0.248 e. The lowest BCUT2D eigenvalue weighted by Crippen LogP contribution is -2.47. The summed E-state index contributed by atoms with van der Waals surface area (Å²) in [6.07, 6.45) is 2.10. The molecule has 0 aromatic carbocycles. The number of rotatable bonds is 6. The van der Waals surface area contributed by atoms with Gasteiger partial charge in [0.25, 0.3) is 0 Å². The van der Waals surface area contributed by atoms with Crippen LogP contribution in [0, 0.1) is 19.8 Å². The van der Waals surface area contributed by atoms with Crippen molar-refractivity contribution in [1.29, 1.82) is 0 Å². The fourth-order valence-corrected chi connectivity index (χ4v) is 5.51. The van der Waals surface area contributed by atoms with E-state index in [1.54, 1.807) is 36.5 Å². The third-order valence-electron chi connectivity index (χ3n) is 6.12. The molecule has 2 aromatic heterocycles. The van der Waals surface area contributed by atoms with Crippen molar-refractivity contribution >= 4 is 15.9 Å². The topological polar surface area (TPSA) is 144 Å². The van der Waals surface area contributed by atoms with Gasteiger partial charge in [0.05, 0.1) is 31.6 Å². The first-order valence-electron chi connectivity index (χ1n) is 11.3. The summed E-state index contributed by atoms with van der Waals surface area (Å²) in [5, 5.41) is 21.7. The monoisotopic (exact) mass is 498 g/mol. The molecule has 190 valence electrons. The quantitative estimate of drug-likeness (QED) is 0.609. The van der Waals surface area contributed by atoms with Crippen molar-refractivity contribution in [2.45, 2.75) is 70.7 Å². The van der Waals surface area contributed by atoms with Crippen LogP contribution >= 0.6 is 0 Å². The van der Waals surface area contributed by atoms with E-state index in [-0.39, 0.29) is 48.3 Å². The van der Waals surface area contributed by atoms with Crippen LogP contribution in [0.3, 0.4) is 0 Å². The number of nitrogens with zero attached hydrogens (tertiary/aromatic N) is 6. The molecule has 3 atom stereocenters. The summed E-state index contributed by atoms with van der Waals surface area (Å²) in [4.78, 5) is 14.6. The Bertz CT molecular complexity index is 1060. The zero-order valence-corrected chi connectivity index (χ0v) is 21.2. The fraction of sp³-hybridized carbons (Fsp3) is 0.714. The average molecular weight is 499 g/mol. The average Bonchev–Trinajstić information content (AvgIpc) is 3.39. The molecule has 0 saturated heterocycles. The van der Waals surface area contributed by atoms with Crippen molar-refractivity contribution in [3.63, 3.8) is 0 Å². The number of hydrogen-bond acceptors (Lipinski definition) is 9. The molecule has 34 heavy (non-hydrogen) atoms. The minimum absolute atomic E-state index is 0.0389. The molecule has 2 aromatic rings. The lowest BCUT2D eigenvalue weighted by atomic mass is 10.0. The minimum Gasteiger partial charge on any atom is -0.394 e. The van der Waals surface area contributed by atoms with Crippen molar-refractivity contribution in [1.82, 2.24) is 29.4 Å². The zero-order chi connectivity index (χ0) is 25.0. The van der Waals surface area contributed by atoms with E-state index in [2.05, 4.69) is 15.5 Å². The van der Waals surface area contributed by atoms with Crippen molar-refractivity contribution in [3.05, 3.63) is 23.3 Å². The fourth-order valence-electron chi connectivity index (χ4n) is 4.04. The second kappa shape index (κ2) is 10.9. The molecular formula is C21H34N6O6S. The number of aliphatic hydroxyl groups is 1. The highest BCUT2D eigenvalue weighted by molar-refractivity contribution is 7.89. The number of likely N-dealkylation sites (N-methyl/N-ethyl adjacent to an activating group) is 1. The van der Waals surface area contributed by atoms with Gasteiger partial charge in [-0.15, -0.1) is 5.10 Å². The van der Waals surface area contributed by atoms with E-state index in [9.17, 15) is 18.3 Å². The molecule has 1 N–H and O–H groups in total. The number of fused-ring (bicyclic) bond motifs is 2. The van der Waals surface area contributed by atoms with Crippen LogP contribution < -0.4 is 0 Å². The van der Waals surface area contributed by atoms with Crippen molar-refractivity contribution < 1.29 is 27.6 Å². The number of carbonyl (C=O) groups is 1. The van der Waals surface area contributed by atoms with Gasteiger partial charge in [0.1, 0.15) is 16.3 Å². The maximum absolute atomic E-state index is 13.3. The molecule has 13 heteroatoms. The number of aryl methyl sites for hydroxylation is 3. The number of ether oxygens (including phenoxy) is 1. The molecule has 1 aliphatic rings. The van der Waals surface area contributed by atoms with E-state index in [0.717, 1.165) is 0 Å². The Kier molecular flexibility index (Phi) is 8.44. The lowest BCUT2D eigenvalue weighted by molar-refractivity contribution is -0.136. The van der Waals surface area contributed by atoms with Gasteiger partial charge in [-0.1, -0.05) is 17.3 Å². The van der Waals surface area contributed by atoms with Gasteiger partial charge in [0, 0.05) is 39.0 Å². The van der Waals surface area contributed by atoms with Crippen LogP contribution in [0.4, 0.5) is 0 Å². The molecule has 3 heterocycles. The second-order valence-electron chi connectivity index (χ2n) is 8.92. The van der Waals surface area contributed by atoms with Gasteiger partial charge < -0.3 is 19.3 Å². The van der Waals surface area contributed by atoms with Crippen molar-refractivity contribution in [2.24, 2.45) is 5.92 Å². The van der Waals surface area contributed by atoms with Gasteiger partial charge in [-0.25, -0.2) is 8.42 Å². The van der Waals surface area contributed by atoms with E-state index in [0.29, 0.717) is 37.3 Å². The lowest BCUT2D eigenvalue weighted by Gasteiger charge is -2.35. The standard InChI is InChI=1S/C21H34N6O6S/c1-14-9-27(15(2)12-28)20(29)7-6-8-26-10-18(22-24-26)13-32-19(14)11-25(5)34(30,31)21-16(3)23-33-17(21)4/h10,14-15,19,28H,6-9,11-13H2,1-5H3/t14-,15-,19-/m0/s1. The third kappa shape index (κ3) is 5.82. The van der Waals surface area contributed by atoms with E-state index in [1.165, 1.54) is 11.4 Å². The van der Waals surface area contributed by atoms with Crippen LogP contribution in [0.1, 0.15) is 43.8 Å². The molecule has 1 aliphatic heterocycles. The Hall–Kier alpha value is -2.35. The van der Waals surface area contributed by atoms with E-state index < -0.39 is 16.1 Å². The first-order chi connectivity index (χ1) is 16.0. The van der Waals surface area contributed by atoms with Crippen LogP contribution in [0.2, 0.25) is 0 Å². The molecule has 12 nitrogen and oxygen atoms in total. The molecule has 0 unspecified atom stereocenters. The summed E-state index contributed by atoms with van der Waals surface area (Å²) in [6, 6.07) is -0.373. The largest absolute Gasteiger partial charge is 0.394 e. The zero-order valence-electron chi connectivity index (χ0n) is 20.3. The highest BCUT2D eigenvalue weighted by Gasteiger charge is 2.33. The molecule has 0 fully saturated rings. The van der Waals surface area contributed by atoms with Crippen LogP contribution in [-0.2, 0) is 32.7 Å². The highest BCUT2D eigenvalue weighted by Crippen LogP contribution is 2.24. The first-order valence-corrected chi connectivity index (χ1v) is 12.8. The number of sulfonamides is 1. The highest BCUT2D eigenvalue weighted by atomic mass is 32.2. The van der Waals surface area contributed by atoms with E-state index in [4.69, 9.17) is 9.26 Å². The number of aromatic nitrogens is 4. The Morgan fingerprint density at radius 1 is 1.35 bits per heavy atom. The van der Waals surface area contributed by atoms with Gasteiger partial charge in [-0.2, -0.15) is 4.31 Å². The predicted molar refractivity (Wildman–Crippen MR) is 121 cm³/mol. The number of carbonyl (C=O) groups excluding carboxylic acids is 1. The minimum atomic E-state index is -3.88. The maximum atomic E-state index is 13.3. The normalized spacial score (nSPS) is 21.7. The molecule has 3 rings (SSSR count). The number of hydrogen-bond donors (Lipinski definition) is 1. The SMILES string of the molecule is Cc1noc(C)c1S(=O)(=O)N(C)C[C@@H]1OCc2cn(nn2)CCCC(=O)N([C@@H](C)CO)C[C@@H]1C. The van der Waals surface area contributed by atoms with Crippen LogP contribution in [0.5, 0.6) is 0 Å². The third-order valence-corrected chi connectivity index (χ3v) is 8.19. The van der Waals surface area contributed by atoms with E-state index in [1.807, 2.05) is 6.92 Å². The molecule has 0 radical (unpaired) electrons. The molecule has 0 saturated carbocycles. The number of aliphatic hydroxyl groups excluding tert-OH is 1. The Balaban J connectivity index is 1.88. The summed E-state index contributed by atoms with van der Waals surface area (Å²) >= 11 is 0.